The highest BCUT2D eigenvalue weighted by Gasteiger charge is 2.22. The monoisotopic (exact) mass is 298 g/mol. The van der Waals surface area contributed by atoms with Gasteiger partial charge < -0.3 is 9.73 Å². The molecule has 7 heteroatoms. The molecule has 2 rings (SSSR count). The number of rotatable bonds is 4. The van der Waals surface area contributed by atoms with E-state index < -0.39 is 16.8 Å². The lowest BCUT2D eigenvalue weighted by Gasteiger charge is -2.16. The lowest BCUT2D eigenvalue weighted by atomic mass is 10.0. The molecule has 1 aromatic carbocycles. The molecule has 0 amide bonds. The third kappa shape index (κ3) is 2.66. The molecule has 1 heterocycles. The Labute approximate surface area is 119 Å². The molecule has 0 saturated carbocycles. The van der Waals surface area contributed by atoms with Crippen molar-refractivity contribution in [1.82, 2.24) is 5.32 Å². The van der Waals surface area contributed by atoms with Crippen molar-refractivity contribution in [2.45, 2.75) is 13.0 Å². The number of hydrogen-bond acceptors (Lipinski definition) is 4. The molecular weight excluding hydrogens is 287 g/mol. The fourth-order valence-electron chi connectivity index (χ4n) is 1.95. The van der Waals surface area contributed by atoms with E-state index in [4.69, 9.17) is 16.0 Å². The summed E-state index contributed by atoms with van der Waals surface area (Å²) in [5.74, 6) is -0.415. The predicted molar refractivity (Wildman–Crippen MR) is 72.4 cm³/mol. The molecule has 0 radical (unpaired) electrons. The van der Waals surface area contributed by atoms with E-state index in [1.807, 2.05) is 0 Å². The largest absolute Gasteiger partial charge is 0.433 e. The van der Waals surface area contributed by atoms with Crippen LogP contribution in [-0.4, -0.2) is 12.0 Å². The molecule has 0 aliphatic carbocycles. The van der Waals surface area contributed by atoms with Gasteiger partial charge in [0, 0.05) is 5.02 Å². The van der Waals surface area contributed by atoms with Crippen LogP contribution in [0.25, 0.3) is 0 Å². The van der Waals surface area contributed by atoms with Crippen LogP contribution in [0.5, 0.6) is 0 Å². The second kappa shape index (κ2) is 5.60. The van der Waals surface area contributed by atoms with E-state index in [0.717, 1.165) is 0 Å². The molecule has 0 aliphatic heterocycles. The Balaban J connectivity index is 2.46. The van der Waals surface area contributed by atoms with Crippen LogP contribution in [0.4, 0.5) is 10.3 Å². The van der Waals surface area contributed by atoms with Crippen LogP contribution in [0.3, 0.4) is 0 Å². The summed E-state index contributed by atoms with van der Waals surface area (Å²) in [6.45, 7) is 1.62. The minimum absolute atomic E-state index is 0.228. The number of nitrogens with one attached hydrogen (secondary N) is 1. The Morgan fingerprint density at radius 1 is 1.45 bits per heavy atom. The molecule has 20 heavy (non-hydrogen) atoms. The van der Waals surface area contributed by atoms with Gasteiger partial charge in [0.15, 0.2) is 0 Å². The Kier molecular flexibility index (Phi) is 4.06. The molecule has 0 spiro atoms. The molecule has 5 nitrogen and oxygen atoms in total. The minimum Gasteiger partial charge on any atom is -0.404 e. The number of benzene rings is 1. The molecule has 1 aromatic heterocycles. The van der Waals surface area contributed by atoms with Crippen molar-refractivity contribution in [2.24, 2.45) is 0 Å². The van der Waals surface area contributed by atoms with Gasteiger partial charge in [0.1, 0.15) is 16.5 Å². The summed E-state index contributed by atoms with van der Waals surface area (Å²) < 4.78 is 18.6. The Morgan fingerprint density at radius 2 is 2.15 bits per heavy atom. The highest BCUT2D eigenvalue weighted by atomic mass is 35.5. The lowest BCUT2D eigenvalue weighted by Crippen LogP contribution is -2.17. The highest BCUT2D eigenvalue weighted by molar-refractivity contribution is 6.31. The molecule has 0 aliphatic rings. The molecule has 1 unspecified atom stereocenters. The Hall–Kier alpha value is -1.92. The average Bonchev–Trinajstić information content (AvgIpc) is 2.86. The van der Waals surface area contributed by atoms with Crippen LogP contribution >= 0.6 is 11.6 Å². The zero-order chi connectivity index (χ0) is 14.9. The lowest BCUT2D eigenvalue weighted by molar-refractivity contribution is -0.402. The van der Waals surface area contributed by atoms with Crippen LogP contribution in [0.1, 0.15) is 22.9 Å². The van der Waals surface area contributed by atoms with Gasteiger partial charge in [-0.15, -0.1) is 0 Å². The van der Waals surface area contributed by atoms with Gasteiger partial charge in [-0.3, -0.25) is 10.1 Å². The molecule has 1 N–H and O–H groups in total. The summed E-state index contributed by atoms with van der Waals surface area (Å²) in [6.07, 6.45) is 0. The van der Waals surface area contributed by atoms with Crippen molar-refractivity contribution >= 4 is 17.5 Å². The number of aryl methyl sites for hydroxylation is 1. The first-order valence-corrected chi connectivity index (χ1v) is 6.18. The number of furan rings is 1. The number of halogens is 2. The van der Waals surface area contributed by atoms with E-state index >= 15 is 0 Å². The number of hydrogen-bond donors (Lipinski definition) is 1. The smallest absolute Gasteiger partial charge is 0.404 e. The molecule has 0 saturated heterocycles. The van der Waals surface area contributed by atoms with E-state index in [1.165, 1.54) is 18.2 Å². The number of nitrogens with zero attached hydrogens (tertiary/aromatic N) is 1. The van der Waals surface area contributed by atoms with E-state index in [-0.39, 0.29) is 10.9 Å². The summed E-state index contributed by atoms with van der Waals surface area (Å²) in [6, 6.07) is 5.08. The van der Waals surface area contributed by atoms with Gasteiger partial charge in [-0.05, 0) is 43.3 Å². The van der Waals surface area contributed by atoms with Crippen LogP contribution in [0, 0.1) is 22.9 Å². The van der Waals surface area contributed by atoms with Gasteiger partial charge in [0.25, 0.3) is 0 Å². The van der Waals surface area contributed by atoms with Gasteiger partial charge >= 0.3 is 5.88 Å². The molecule has 2 aromatic rings. The standard InChI is InChI=1S/C13H12ClFN2O3/c1-7-5-8(9(14)6-10(7)15)13(16-2)11-3-4-12(20-11)17(18)19/h3-6,13,16H,1-2H3. The summed E-state index contributed by atoms with van der Waals surface area (Å²) in [5, 5.41) is 13.8. The zero-order valence-electron chi connectivity index (χ0n) is 10.8. The average molecular weight is 299 g/mol. The fraction of sp³-hybridized carbons (Fsp3) is 0.231. The predicted octanol–water partition coefficient (Wildman–Crippen LogP) is 3.60. The maximum Gasteiger partial charge on any atom is 0.433 e. The first-order chi connectivity index (χ1) is 9.43. The van der Waals surface area contributed by atoms with E-state index in [2.05, 4.69) is 5.32 Å². The van der Waals surface area contributed by atoms with E-state index in [0.29, 0.717) is 16.9 Å². The zero-order valence-corrected chi connectivity index (χ0v) is 11.6. The van der Waals surface area contributed by atoms with Gasteiger partial charge in [0.2, 0.25) is 0 Å². The van der Waals surface area contributed by atoms with E-state index in [9.17, 15) is 14.5 Å². The summed E-state index contributed by atoms with van der Waals surface area (Å²) in [4.78, 5) is 10.0. The van der Waals surface area contributed by atoms with Crippen molar-refractivity contribution < 1.29 is 13.7 Å². The molecule has 0 bridgehead atoms. The summed E-state index contributed by atoms with van der Waals surface area (Å²) in [5.41, 5.74) is 1.03. The van der Waals surface area contributed by atoms with Gasteiger partial charge in [-0.25, -0.2) is 4.39 Å². The SMILES string of the molecule is CNC(c1ccc([N+](=O)[O-])o1)c1cc(C)c(F)cc1Cl. The van der Waals surface area contributed by atoms with Gasteiger partial charge in [-0.1, -0.05) is 11.6 Å². The van der Waals surface area contributed by atoms with Crippen LogP contribution < -0.4 is 5.32 Å². The normalized spacial score (nSPS) is 12.4. The first-order valence-electron chi connectivity index (χ1n) is 5.81. The van der Waals surface area contributed by atoms with Crippen molar-refractivity contribution in [3.8, 4) is 0 Å². The number of nitro groups is 1. The van der Waals surface area contributed by atoms with Crippen LogP contribution in [-0.2, 0) is 0 Å². The molecular formula is C13H12ClFN2O3. The van der Waals surface area contributed by atoms with Crippen LogP contribution in [0.2, 0.25) is 5.02 Å². The van der Waals surface area contributed by atoms with Gasteiger partial charge in [0.05, 0.1) is 12.1 Å². The van der Waals surface area contributed by atoms with Crippen molar-refractivity contribution in [3.63, 3.8) is 0 Å². The highest BCUT2D eigenvalue weighted by Crippen LogP contribution is 2.32. The minimum atomic E-state index is -0.617. The maximum atomic E-state index is 13.4. The van der Waals surface area contributed by atoms with Gasteiger partial charge in [-0.2, -0.15) is 0 Å². The van der Waals surface area contributed by atoms with Crippen molar-refractivity contribution in [1.29, 1.82) is 0 Å². The third-order valence-corrected chi connectivity index (χ3v) is 3.28. The maximum absolute atomic E-state index is 13.4. The summed E-state index contributed by atoms with van der Waals surface area (Å²) in [7, 11) is 1.66. The molecule has 1 atom stereocenters. The van der Waals surface area contributed by atoms with Crippen molar-refractivity contribution in [3.05, 3.63) is 62.1 Å². The van der Waals surface area contributed by atoms with E-state index in [1.54, 1.807) is 20.0 Å². The Bertz CT molecular complexity index is 657. The molecule has 106 valence electrons. The Morgan fingerprint density at radius 3 is 2.70 bits per heavy atom. The topological polar surface area (TPSA) is 68.3 Å². The quantitative estimate of drug-likeness (QED) is 0.691. The third-order valence-electron chi connectivity index (χ3n) is 2.95. The first kappa shape index (κ1) is 14.5. The fourth-order valence-corrected chi connectivity index (χ4v) is 2.21. The summed E-state index contributed by atoms with van der Waals surface area (Å²) >= 11 is 6.04. The van der Waals surface area contributed by atoms with Crippen molar-refractivity contribution in [2.75, 3.05) is 7.05 Å². The second-order valence-corrected chi connectivity index (χ2v) is 4.68. The molecule has 0 fully saturated rings. The second-order valence-electron chi connectivity index (χ2n) is 4.28. The van der Waals surface area contributed by atoms with Crippen LogP contribution in [0.15, 0.2) is 28.7 Å².